The minimum atomic E-state index is -0.896. The molecule has 0 fully saturated rings. The number of benzene rings is 1. The second-order valence-corrected chi connectivity index (χ2v) is 4.56. The molecule has 1 aromatic carbocycles. The predicted octanol–water partition coefficient (Wildman–Crippen LogP) is 1.94. The second-order valence-electron chi connectivity index (χ2n) is 4.56. The van der Waals surface area contributed by atoms with Crippen molar-refractivity contribution in [2.45, 2.75) is 19.4 Å². The maximum absolute atomic E-state index is 11.1. The molecule has 0 radical (unpaired) electrons. The van der Waals surface area contributed by atoms with Crippen LogP contribution in [0.3, 0.4) is 0 Å². The normalized spacial score (nSPS) is 11.7. The van der Waals surface area contributed by atoms with Crippen molar-refractivity contribution in [3.05, 3.63) is 40.8 Å². The van der Waals surface area contributed by atoms with Crippen LogP contribution in [0, 0.1) is 0 Å². The highest BCUT2D eigenvalue weighted by Crippen LogP contribution is 2.20. The summed E-state index contributed by atoms with van der Waals surface area (Å²) >= 11 is 0. The van der Waals surface area contributed by atoms with Crippen molar-refractivity contribution in [3.63, 3.8) is 0 Å². The second kappa shape index (κ2) is 4.22. The van der Waals surface area contributed by atoms with Gasteiger partial charge in [-0.1, -0.05) is 0 Å². The van der Waals surface area contributed by atoms with Gasteiger partial charge >= 0.3 is 5.63 Å². The van der Waals surface area contributed by atoms with Crippen molar-refractivity contribution in [3.8, 4) is 5.75 Å². The topological polar surface area (TPSA) is 59.7 Å². The van der Waals surface area contributed by atoms with Crippen molar-refractivity contribution in [1.29, 1.82) is 0 Å². The quantitative estimate of drug-likeness (QED) is 0.824. The number of hydrogen-bond acceptors (Lipinski definition) is 4. The van der Waals surface area contributed by atoms with E-state index in [0.29, 0.717) is 11.3 Å². The first-order valence-corrected chi connectivity index (χ1v) is 5.33. The summed E-state index contributed by atoms with van der Waals surface area (Å²) in [6.07, 6.45) is 0. The van der Waals surface area contributed by atoms with Crippen LogP contribution in [0.25, 0.3) is 11.0 Å². The molecular weight excluding hydrogens is 220 g/mol. The Morgan fingerprint density at radius 1 is 1.29 bits per heavy atom. The van der Waals surface area contributed by atoms with Crippen LogP contribution in [0.1, 0.15) is 13.8 Å². The zero-order valence-corrected chi connectivity index (χ0v) is 9.77. The Kier molecular flexibility index (Phi) is 2.90. The first-order valence-electron chi connectivity index (χ1n) is 5.33. The molecule has 2 rings (SSSR count). The highest BCUT2D eigenvalue weighted by Gasteiger charge is 2.13. The smallest absolute Gasteiger partial charge is 0.336 e. The lowest BCUT2D eigenvalue weighted by Gasteiger charge is -2.17. The molecule has 4 heteroatoms. The summed E-state index contributed by atoms with van der Waals surface area (Å²) in [6.45, 7) is 3.50. The van der Waals surface area contributed by atoms with E-state index in [1.54, 1.807) is 38.1 Å². The number of hydrogen-bond donors (Lipinski definition) is 1. The lowest BCUT2D eigenvalue weighted by Crippen LogP contribution is -2.27. The minimum absolute atomic E-state index is 0.176. The molecular formula is C13H14O4. The van der Waals surface area contributed by atoms with Gasteiger partial charge in [-0.05, 0) is 32.0 Å². The van der Waals surface area contributed by atoms with Crippen LogP contribution in [-0.2, 0) is 0 Å². The first-order chi connectivity index (χ1) is 7.94. The van der Waals surface area contributed by atoms with Gasteiger partial charge in [0.25, 0.3) is 0 Å². The molecule has 0 unspecified atom stereocenters. The average molecular weight is 234 g/mol. The van der Waals surface area contributed by atoms with Gasteiger partial charge in [0, 0.05) is 17.5 Å². The molecule has 0 atom stereocenters. The summed E-state index contributed by atoms with van der Waals surface area (Å²) < 4.78 is 10.4. The van der Waals surface area contributed by atoms with Crippen LogP contribution >= 0.6 is 0 Å². The number of aliphatic hydroxyl groups is 1. The van der Waals surface area contributed by atoms with E-state index in [2.05, 4.69) is 0 Å². The Balaban J connectivity index is 2.28. The van der Waals surface area contributed by atoms with Crippen molar-refractivity contribution in [1.82, 2.24) is 0 Å². The fraction of sp³-hybridized carbons (Fsp3) is 0.308. The summed E-state index contributed by atoms with van der Waals surface area (Å²) in [5, 5.41) is 10.4. The molecule has 4 nitrogen and oxygen atoms in total. The van der Waals surface area contributed by atoms with E-state index in [0.717, 1.165) is 5.39 Å². The van der Waals surface area contributed by atoms with Crippen LogP contribution in [0.4, 0.5) is 0 Å². The molecule has 0 spiro atoms. The van der Waals surface area contributed by atoms with Crippen molar-refractivity contribution < 1.29 is 14.3 Å². The summed E-state index contributed by atoms with van der Waals surface area (Å²) in [5.74, 6) is 0.564. The van der Waals surface area contributed by atoms with E-state index >= 15 is 0 Å². The standard InChI is InChI=1S/C13H14O4/c1-13(2,15)8-16-10-5-3-9-4-6-12(14)17-11(9)7-10/h3-7,15H,8H2,1-2H3. The summed E-state index contributed by atoms with van der Waals surface area (Å²) in [7, 11) is 0. The number of ether oxygens (including phenoxy) is 1. The zero-order valence-electron chi connectivity index (χ0n) is 9.77. The summed E-state index contributed by atoms with van der Waals surface area (Å²) in [4.78, 5) is 11.1. The largest absolute Gasteiger partial charge is 0.490 e. The number of rotatable bonds is 3. The lowest BCUT2D eigenvalue weighted by atomic mass is 10.2. The van der Waals surface area contributed by atoms with Crippen molar-refractivity contribution in [2.75, 3.05) is 6.61 Å². The molecule has 1 N–H and O–H groups in total. The van der Waals surface area contributed by atoms with E-state index < -0.39 is 11.2 Å². The van der Waals surface area contributed by atoms with Crippen LogP contribution in [0.5, 0.6) is 5.75 Å². The highest BCUT2D eigenvalue weighted by atomic mass is 16.5. The van der Waals surface area contributed by atoms with Gasteiger partial charge in [0.05, 0.1) is 5.60 Å². The Bertz CT molecular complexity index is 578. The molecule has 1 aromatic heterocycles. The molecule has 0 aliphatic rings. The van der Waals surface area contributed by atoms with Crippen LogP contribution in [0.2, 0.25) is 0 Å². The van der Waals surface area contributed by atoms with Gasteiger partial charge in [-0.15, -0.1) is 0 Å². The maximum Gasteiger partial charge on any atom is 0.336 e. The average Bonchev–Trinajstić information content (AvgIpc) is 2.24. The summed E-state index contributed by atoms with van der Waals surface area (Å²) in [6, 6.07) is 8.29. The van der Waals surface area contributed by atoms with E-state index in [1.807, 2.05) is 0 Å². The molecule has 0 aliphatic carbocycles. The highest BCUT2D eigenvalue weighted by molar-refractivity contribution is 5.77. The van der Waals surface area contributed by atoms with Gasteiger partial charge in [-0.2, -0.15) is 0 Å². The summed E-state index contributed by atoms with van der Waals surface area (Å²) in [5.41, 5.74) is -0.810. The fourth-order valence-electron chi connectivity index (χ4n) is 1.39. The van der Waals surface area contributed by atoms with Gasteiger partial charge in [0.2, 0.25) is 0 Å². The molecule has 0 saturated heterocycles. The third kappa shape index (κ3) is 3.07. The van der Waals surface area contributed by atoms with Crippen LogP contribution < -0.4 is 10.4 Å². The van der Waals surface area contributed by atoms with Crippen LogP contribution in [-0.4, -0.2) is 17.3 Å². The van der Waals surface area contributed by atoms with E-state index in [9.17, 15) is 9.90 Å². The van der Waals surface area contributed by atoms with Gasteiger partial charge in [-0.25, -0.2) is 4.79 Å². The van der Waals surface area contributed by atoms with E-state index in [-0.39, 0.29) is 6.61 Å². The molecule has 0 aliphatic heterocycles. The number of fused-ring (bicyclic) bond motifs is 1. The Hall–Kier alpha value is -1.81. The van der Waals surface area contributed by atoms with Gasteiger partial charge in [-0.3, -0.25) is 0 Å². The first kappa shape index (κ1) is 11.7. The van der Waals surface area contributed by atoms with Gasteiger partial charge in [0.1, 0.15) is 17.9 Å². The molecule has 2 aromatic rings. The Labute approximate surface area is 98.4 Å². The third-order valence-electron chi connectivity index (χ3n) is 2.19. The van der Waals surface area contributed by atoms with Gasteiger partial charge in [0.15, 0.2) is 0 Å². The van der Waals surface area contributed by atoms with E-state index in [1.165, 1.54) is 6.07 Å². The Morgan fingerprint density at radius 2 is 2.00 bits per heavy atom. The van der Waals surface area contributed by atoms with Crippen molar-refractivity contribution in [2.24, 2.45) is 0 Å². The third-order valence-corrected chi connectivity index (χ3v) is 2.19. The lowest BCUT2D eigenvalue weighted by molar-refractivity contribution is 0.0285. The minimum Gasteiger partial charge on any atom is -0.490 e. The molecule has 17 heavy (non-hydrogen) atoms. The molecule has 90 valence electrons. The van der Waals surface area contributed by atoms with E-state index in [4.69, 9.17) is 9.15 Å². The molecule has 1 heterocycles. The monoisotopic (exact) mass is 234 g/mol. The zero-order chi connectivity index (χ0) is 12.5. The SMILES string of the molecule is CC(C)(O)COc1ccc2ccc(=O)oc2c1. The van der Waals surface area contributed by atoms with Crippen molar-refractivity contribution >= 4 is 11.0 Å². The Morgan fingerprint density at radius 3 is 2.71 bits per heavy atom. The van der Waals surface area contributed by atoms with Crippen LogP contribution in [0.15, 0.2) is 39.5 Å². The molecule has 0 saturated carbocycles. The maximum atomic E-state index is 11.1. The predicted molar refractivity (Wildman–Crippen MR) is 64.3 cm³/mol. The van der Waals surface area contributed by atoms with Gasteiger partial charge < -0.3 is 14.3 Å². The molecule has 0 amide bonds. The fourth-order valence-corrected chi connectivity index (χ4v) is 1.39. The molecule has 0 bridgehead atoms.